The minimum absolute atomic E-state index is 0.380. The molecule has 1 aromatic heterocycles. The van der Waals surface area contributed by atoms with Gasteiger partial charge in [-0.15, -0.1) is 0 Å². The molecule has 3 aromatic rings. The Morgan fingerprint density at radius 2 is 1.90 bits per heavy atom. The fraction of sp³-hybridized carbons (Fsp3) is 0.125. The van der Waals surface area contributed by atoms with Crippen LogP contribution in [0.1, 0.15) is 5.56 Å². The highest BCUT2D eigenvalue weighted by Crippen LogP contribution is 2.25. The molecule has 5 heteroatoms. The van der Waals surface area contributed by atoms with Gasteiger partial charge in [0.1, 0.15) is 12.0 Å². The Hall–Kier alpha value is -2.82. The Bertz CT molecular complexity index is 768. The van der Waals surface area contributed by atoms with E-state index in [1.165, 1.54) is 29.8 Å². The standard InChI is InChI=1S/C16H16N4O/c1-21-16-14(17)15(19-10-20-16)18-9-12-7-4-6-11-5-2-3-8-13(11)12/h2-8,10H,9,17H2,1H3,(H,18,19,20). The van der Waals surface area contributed by atoms with Gasteiger partial charge < -0.3 is 15.8 Å². The summed E-state index contributed by atoms with van der Waals surface area (Å²) in [5, 5.41) is 5.67. The van der Waals surface area contributed by atoms with Gasteiger partial charge >= 0.3 is 0 Å². The van der Waals surface area contributed by atoms with Gasteiger partial charge in [-0.05, 0) is 16.3 Å². The molecule has 0 radical (unpaired) electrons. The van der Waals surface area contributed by atoms with E-state index in [0.717, 1.165) is 0 Å². The maximum atomic E-state index is 5.96. The summed E-state index contributed by atoms with van der Waals surface area (Å²) in [4.78, 5) is 8.12. The van der Waals surface area contributed by atoms with Crippen LogP contribution in [-0.2, 0) is 6.54 Å². The van der Waals surface area contributed by atoms with Crippen LogP contribution >= 0.6 is 0 Å². The molecule has 0 aliphatic rings. The predicted octanol–water partition coefficient (Wildman–Crippen LogP) is 2.83. The van der Waals surface area contributed by atoms with Gasteiger partial charge in [0, 0.05) is 6.54 Å². The molecule has 0 atom stereocenters. The maximum absolute atomic E-state index is 5.96. The Morgan fingerprint density at radius 3 is 2.76 bits per heavy atom. The quantitative estimate of drug-likeness (QED) is 0.768. The first-order valence-corrected chi connectivity index (χ1v) is 6.64. The average Bonchev–Trinajstić information content (AvgIpc) is 2.54. The SMILES string of the molecule is COc1ncnc(NCc2cccc3ccccc23)c1N. The van der Waals surface area contributed by atoms with Gasteiger partial charge in [0.05, 0.1) is 7.11 Å². The Morgan fingerprint density at radius 1 is 1.10 bits per heavy atom. The molecule has 0 fully saturated rings. The molecule has 0 saturated heterocycles. The summed E-state index contributed by atoms with van der Waals surface area (Å²) in [6.07, 6.45) is 1.43. The topological polar surface area (TPSA) is 73.1 Å². The van der Waals surface area contributed by atoms with Crippen LogP contribution in [0.4, 0.5) is 11.5 Å². The maximum Gasteiger partial charge on any atom is 0.242 e. The van der Waals surface area contributed by atoms with Gasteiger partial charge in [0.15, 0.2) is 5.82 Å². The van der Waals surface area contributed by atoms with Crippen molar-refractivity contribution < 1.29 is 4.74 Å². The third-order valence-corrected chi connectivity index (χ3v) is 3.37. The van der Waals surface area contributed by atoms with Crippen molar-refractivity contribution in [2.24, 2.45) is 0 Å². The number of nitrogens with one attached hydrogen (secondary N) is 1. The number of benzene rings is 2. The van der Waals surface area contributed by atoms with E-state index in [0.29, 0.717) is 23.9 Å². The predicted molar refractivity (Wildman–Crippen MR) is 84.3 cm³/mol. The lowest BCUT2D eigenvalue weighted by atomic mass is 10.0. The van der Waals surface area contributed by atoms with Crippen LogP contribution in [0.3, 0.4) is 0 Å². The van der Waals surface area contributed by atoms with E-state index in [4.69, 9.17) is 10.5 Å². The lowest BCUT2D eigenvalue weighted by Crippen LogP contribution is -2.07. The third-order valence-electron chi connectivity index (χ3n) is 3.37. The normalized spacial score (nSPS) is 10.5. The van der Waals surface area contributed by atoms with Crippen molar-refractivity contribution in [1.29, 1.82) is 0 Å². The van der Waals surface area contributed by atoms with Gasteiger partial charge in [0.2, 0.25) is 5.88 Å². The lowest BCUT2D eigenvalue weighted by molar-refractivity contribution is 0.399. The molecule has 2 aromatic carbocycles. The summed E-state index contributed by atoms with van der Waals surface area (Å²) in [6, 6.07) is 14.5. The lowest BCUT2D eigenvalue weighted by Gasteiger charge is -2.11. The van der Waals surface area contributed by atoms with E-state index in [1.807, 2.05) is 18.2 Å². The molecule has 0 aliphatic heterocycles. The summed E-state index contributed by atoms with van der Waals surface area (Å²) >= 11 is 0. The molecule has 106 valence electrons. The van der Waals surface area contributed by atoms with Crippen molar-refractivity contribution in [3.8, 4) is 5.88 Å². The van der Waals surface area contributed by atoms with E-state index < -0.39 is 0 Å². The number of rotatable bonds is 4. The molecule has 0 amide bonds. The molecule has 1 heterocycles. The van der Waals surface area contributed by atoms with Crippen molar-refractivity contribution in [2.45, 2.75) is 6.54 Å². The molecule has 0 bridgehead atoms. The van der Waals surface area contributed by atoms with Crippen molar-refractivity contribution in [3.05, 3.63) is 54.4 Å². The molecule has 0 aliphatic carbocycles. The summed E-state index contributed by atoms with van der Waals surface area (Å²) in [5.41, 5.74) is 7.56. The minimum atomic E-state index is 0.380. The molecule has 21 heavy (non-hydrogen) atoms. The number of nitrogens with zero attached hydrogens (tertiary/aromatic N) is 2. The number of aromatic nitrogens is 2. The first-order valence-electron chi connectivity index (χ1n) is 6.64. The number of nitrogen functional groups attached to an aromatic ring is 1. The highest BCUT2D eigenvalue weighted by atomic mass is 16.5. The number of anilines is 2. The largest absolute Gasteiger partial charge is 0.479 e. The van der Waals surface area contributed by atoms with E-state index >= 15 is 0 Å². The van der Waals surface area contributed by atoms with Crippen molar-refractivity contribution in [3.63, 3.8) is 0 Å². The molecule has 3 rings (SSSR count). The second-order valence-electron chi connectivity index (χ2n) is 4.64. The van der Waals surface area contributed by atoms with Crippen molar-refractivity contribution >= 4 is 22.3 Å². The van der Waals surface area contributed by atoms with Gasteiger partial charge in [-0.25, -0.2) is 4.98 Å². The molecule has 0 spiro atoms. The molecule has 3 N–H and O–H groups in total. The monoisotopic (exact) mass is 280 g/mol. The number of fused-ring (bicyclic) bond motifs is 1. The second-order valence-corrected chi connectivity index (χ2v) is 4.64. The highest BCUT2D eigenvalue weighted by molar-refractivity contribution is 5.85. The van der Waals surface area contributed by atoms with E-state index in [-0.39, 0.29) is 0 Å². The van der Waals surface area contributed by atoms with Crippen LogP contribution in [0, 0.1) is 0 Å². The van der Waals surface area contributed by atoms with Gasteiger partial charge in [-0.3, -0.25) is 0 Å². The van der Waals surface area contributed by atoms with Crippen LogP contribution in [-0.4, -0.2) is 17.1 Å². The van der Waals surface area contributed by atoms with Crippen molar-refractivity contribution in [2.75, 3.05) is 18.2 Å². The molecular formula is C16H16N4O. The number of nitrogens with two attached hydrogens (primary N) is 1. The van der Waals surface area contributed by atoms with Crippen molar-refractivity contribution in [1.82, 2.24) is 9.97 Å². The second kappa shape index (κ2) is 5.66. The summed E-state index contributed by atoms with van der Waals surface area (Å²) in [6.45, 7) is 0.631. The zero-order valence-electron chi connectivity index (χ0n) is 11.7. The highest BCUT2D eigenvalue weighted by Gasteiger charge is 2.08. The van der Waals surface area contributed by atoms with Gasteiger partial charge in [0.25, 0.3) is 0 Å². The zero-order valence-corrected chi connectivity index (χ0v) is 11.7. The van der Waals surface area contributed by atoms with Crippen LogP contribution in [0.5, 0.6) is 5.88 Å². The van der Waals surface area contributed by atoms with Crippen LogP contribution < -0.4 is 15.8 Å². The zero-order chi connectivity index (χ0) is 14.7. The fourth-order valence-electron chi connectivity index (χ4n) is 2.31. The van der Waals surface area contributed by atoms with Gasteiger partial charge in [-0.1, -0.05) is 42.5 Å². The number of methoxy groups -OCH3 is 1. The minimum Gasteiger partial charge on any atom is -0.479 e. The molecule has 0 saturated carbocycles. The van der Waals surface area contributed by atoms with Crippen LogP contribution in [0.15, 0.2) is 48.8 Å². The summed E-state index contributed by atoms with van der Waals surface area (Å²) in [7, 11) is 1.53. The van der Waals surface area contributed by atoms with E-state index in [1.54, 1.807) is 0 Å². The average molecular weight is 280 g/mol. The number of ether oxygens (including phenoxy) is 1. The van der Waals surface area contributed by atoms with Crippen LogP contribution in [0.2, 0.25) is 0 Å². The summed E-state index contributed by atoms with van der Waals surface area (Å²) in [5.74, 6) is 0.959. The third kappa shape index (κ3) is 2.58. The molecule has 0 unspecified atom stereocenters. The molecule has 5 nitrogen and oxygen atoms in total. The summed E-state index contributed by atoms with van der Waals surface area (Å²) < 4.78 is 5.09. The van der Waals surface area contributed by atoms with Crippen LogP contribution in [0.25, 0.3) is 10.8 Å². The molecular weight excluding hydrogens is 264 g/mol. The smallest absolute Gasteiger partial charge is 0.242 e. The van der Waals surface area contributed by atoms with E-state index in [9.17, 15) is 0 Å². The first-order chi connectivity index (χ1) is 10.3. The Balaban J connectivity index is 1.87. The fourth-order valence-corrected chi connectivity index (χ4v) is 2.31. The van der Waals surface area contributed by atoms with Gasteiger partial charge in [-0.2, -0.15) is 4.98 Å². The number of hydrogen-bond acceptors (Lipinski definition) is 5. The Labute approximate surface area is 122 Å². The number of hydrogen-bond donors (Lipinski definition) is 2. The Kier molecular flexibility index (Phi) is 3.55. The first kappa shape index (κ1) is 13.2. The van der Waals surface area contributed by atoms with E-state index in [2.05, 4.69) is 39.6 Å².